The topological polar surface area (TPSA) is 84.2 Å². The number of carbonyl (C=O) groups excluding carboxylic acids is 1. The molecule has 6 heteroatoms. The van der Waals surface area contributed by atoms with Crippen molar-refractivity contribution >= 4 is 11.9 Å². The first kappa shape index (κ1) is 14.8. The number of hydrogen-bond donors (Lipinski definition) is 2. The molecular weight excluding hydrogens is 270 g/mol. The Bertz CT molecular complexity index is 622. The Hall–Kier alpha value is -2.63. The van der Waals surface area contributed by atoms with Crippen LogP contribution in [0, 0.1) is 0 Å². The largest absolute Gasteiger partial charge is 0.480 e. The molecule has 1 heterocycles. The Morgan fingerprint density at radius 3 is 2.57 bits per heavy atom. The van der Waals surface area contributed by atoms with E-state index in [1.807, 2.05) is 30.3 Å². The van der Waals surface area contributed by atoms with E-state index in [-0.39, 0.29) is 5.69 Å². The molecule has 110 valence electrons. The lowest BCUT2D eigenvalue weighted by molar-refractivity contribution is -0.139. The van der Waals surface area contributed by atoms with Gasteiger partial charge in [0.25, 0.3) is 5.91 Å². The van der Waals surface area contributed by atoms with E-state index in [1.165, 1.54) is 4.68 Å². The van der Waals surface area contributed by atoms with Crippen LogP contribution in [0.2, 0.25) is 0 Å². The summed E-state index contributed by atoms with van der Waals surface area (Å²) in [6.07, 6.45) is 2.55. The Balaban J connectivity index is 1.96. The van der Waals surface area contributed by atoms with Crippen LogP contribution in [-0.2, 0) is 18.3 Å². The highest BCUT2D eigenvalue weighted by Crippen LogP contribution is 2.06. The molecule has 21 heavy (non-hydrogen) atoms. The highest BCUT2D eigenvalue weighted by Gasteiger charge is 2.21. The first-order chi connectivity index (χ1) is 10.1. The van der Waals surface area contributed by atoms with E-state index < -0.39 is 17.9 Å². The van der Waals surface area contributed by atoms with Crippen molar-refractivity contribution in [2.24, 2.45) is 7.05 Å². The highest BCUT2D eigenvalue weighted by molar-refractivity contribution is 5.94. The molecule has 0 radical (unpaired) electrons. The molecule has 2 aromatic rings. The van der Waals surface area contributed by atoms with Gasteiger partial charge in [0.15, 0.2) is 0 Å². The van der Waals surface area contributed by atoms with Crippen LogP contribution < -0.4 is 5.32 Å². The molecule has 0 aliphatic heterocycles. The van der Waals surface area contributed by atoms with Gasteiger partial charge in [-0.3, -0.25) is 9.48 Å². The fourth-order valence-corrected chi connectivity index (χ4v) is 1.98. The van der Waals surface area contributed by atoms with Crippen molar-refractivity contribution in [3.05, 3.63) is 53.9 Å². The number of aryl methyl sites for hydroxylation is 2. The number of carbonyl (C=O) groups is 2. The number of aromatic nitrogens is 2. The van der Waals surface area contributed by atoms with Crippen molar-refractivity contribution in [3.8, 4) is 0 Å². The van der Waals surface area contributed by atoms with Gasteiger partial charge in [-0.1, -0.05) is 30.3 Å². The zero-order chi connectivity index (χ0) is 15.2. The fraction of sp³-hybridized carbons (Fsp3) is 0.267. The summed E-state index contributed by atoms with van der Waals surface area (Å²) in [5, 5.41) is 15.7. The minimum Gasteiger partial charge on any atom is -0.480 e. The first-order valence-electron chi connectivity index (χ1n) is 6.63. The third kappa shape index (κ3) is 4.17. The molecule has 0 fully saturated rings. The molecule has 1 aromatic carbocycles. The molecule has 6 nitrogen and oxygen atoms in total. The van der Waals surface area contributed by atoms with E-state index >= 15 is 0 Å². The Kier molecular flexibility index (Phi) is 4.71. The van der Waals surface area contributed by atoms with Gasteiger partial charge in [0.2, 0.25) is 0 Å². The Morgan fingerprint density at radius 1 is 1.29 bits per heavy atom. The molecule has 1 atom stereocenters. The number of amides is 1. The normalized spacial score (nSPS) is 11.9. The van der Waals surface area contributed by atoms with Crippen molar-refractivity contribution in [1.82, 2.24) is 15.1 Å². The molecule has 1 unspecified atom stereocenters. The van der Waals surface area contributed by atoms with Crippen LogP contribution in [0.15, 0.2) is 42.6 Å². The van der Waals surface area contributed by atoms with Crippen molar-refractivity contribution in [2.45, 2.75) is 18.9 Å². The SMILES string of the molecule is Cn1ccc(C(=O)NC(CCc2ccccc2)C(=O)O)n1. The van der Waals surface area contributed by atoms with E-state index in [0.29, 0.717) is 12.8 Å². The number of carboxylic acid groups (broad SMARTS) is 1. The fourth-order valence-electron chi connectivity index (χ4n) is 1.98. The number of benzene rings is 1. The lowest BCUT2D eigenvalue weighted by Gasteiger charge is -2.13. The number of nitrogens with zero attached hydrogens (tertiary/aromatic N) is 2. The van der Waals surface area contributed by atoms with Gasteiger partial charge in [0.1, 0.15) is 11.7 Å². The minimum atomic E-state index is -1.05. The predicted octanol–water partition coefficient (Wildman–Crippen LogP) is 1.24. The second kappa shape index (κ2) is 6.69. The molecule has 0 aliphatic rings. The molecule has 1 aromatic heterocycles. The minimum absolute atomic E-state index is 0.212. The van der Waals surface area contributed by atoms with E-state index in [1.54, 1.807) is 19.3 Å². The van der Waals surface area contributed by atoms with Crippen LogP contribution in [0.3, 0.4) is 0 Å². The summed E-state index contributed by atoms with van der Waals surface area (Å²) in [6.45, 7) is 0. The van der Waals surface area contributed by atoms with Gasteiger partial charge in [-0.25, -0.2) is 4.79 Å². The summed E-state index contributed by atoms with van der Waals surface area (Å²) in [4.78, 5) is 23.2. The zero-order valence-corrected chi connectivity index (χ0v) is 11.7. The Labute approximate surface area is 122 Å². The van der Waals surface area contributed by atoms with Gasteiger partial charge in [0.05, 0.1) is 0 Å². The summed E-state index contributed by atoms with van der Waals surface area (Å²) in [7, 11) is 1.70. The van der Waals surface area contributed by atoms with Crippen molar-refractivity contribution < 1.29 is 14.7 Å². The molecule has 0 bridgehead atoms. The van der Waals surface area contributed by atoms with Gasteiger partial charge in [-0.05, 0) is 24.5 Å². The number of nitrogens with one attached hydrogen (secondary N) is 1. The van der Waals surface area contributed by atoms with Crippen molar-refractivity contribution in [3.63, 3.8) is 0 Å². The van der Waals surface area contributed by atoms with E-state index in [0.717, 1.165) is 5.56 Å². The van der Waals surface area contributed by atoms with Gasteiger partial charge in [-0.15, -0.1) is 0 Å². The van der Waals surface area contributed by atoms with Gasteiger partial charge < -0.3 is 10.4 Å². The van der Waals surface area contributed by atoms with Crippen LogP contribution in [0.4, 0.5) is 0 Å². The summed E-state index contributed by atoms with van der Waals surface area (Å²) in [6, 6.07) is 10.2. The third-order valence-corrected chi connectivity index (χ3v) is 3.11. The number of rotatable bonds is 6. The summed E-state index contributed by atoms with van der Waals surface area (Å²) in [5.41, 5.74) is 1.25. The van der Waals surface area contributed by atoms with Crippen molar-refractivity contribution in [1.29, 1.82) is 0 Å². The summed E-state index contributed by atoms with van der Waals surface area (Å²) >= 11 is 0. The second-order valence-corrected chi connectivity index (χ2v) is 4.76. The summed E-state index contributed by atoms with van der Waals surface area (Å²) in [5.74, 6) is -1.52. The van der Waals surface area contributed by atoms with Gasteiger partial charge in [-0.2, -0.15) is 5.10 Å². The molecule has 2 N–H and O–H groups in total. The van der Waals surface area contributed by atoms with Gasteiger partial charge in [0, 0.05) is 13.2 Å². The average molecular weight is 287 g/mol. The first-order valence-corrected chi connectivity index (χ1v) is 6.63. The van der Waals surface area contributed by atoms with Gasteiger partial charge >= 0.3 is 5.97 Å². The predicted molar refractivity (Wildman–Crippen MR) is 76.9 cm³/mol. The number of aliphatic carboxylic acids is 1. The smallest absolute Gasteiger partial charge is 0.326 e. The molecule has 0 spiro atoms. The van der Waals surface area contributed by atoms with Crippen LogP contribution in [0.25, 0.3) is 0 Å². The van der Waals surface area contributed by atoms with E-state index in [9.17, 15) is 14.7 Å². The van der Waals surface area contributed by atoms with Crippen molar-refractivity contribution in [2.75, 3.05) is 0 Å². The molecule has 1 amide bonds. The summed E-state index contributed by atoms with van der Waals surface area (Å²) < 4.78 is 1.49. The zero-order valence-electron chi connectivity index (χ0n) is 11.7. The monoisotopic (exact) mass is 287 g/mol. The number of hydrogen-bond acceptors (Lipinski definition) is 3. The molecule has 0 saturated heterocycles. The second-order valence-electron chi connectivity index (χ2n) is 4.76. The van der Waals surface area contributed by atoms with E-state index in [2.05, 4.69) is 10.4 Å². The molecule has 2 rings (SSSR count). The molecule has 0 aliphatic carbocycles. The highest BCUT2D eigenvalue weighted by atomic mass is 16.4. The van der Waals surface area contributed by atoms with Crippen LogP contribution >= 0.6 is 0 Å². The molecular formula is C15H17N3O3. The lowest BCUT2D eigenvalue weighted by atomic mass is 10.1. The molecule has 0 saturated carbocycles. The lowest BCUT2D eigenvalue weighted by Crippen LogP contribution is -2.41. The standard InChI is InChI=1S/C15H17N3O3/c1-18-10-9-12(17-18)14(19)16-13(15(20)21)8-7-11-5-3-2-4-6-11/h2-6,9-10,13H,7-8H2,1H3,(H,16,19)(H,20,21). The van der Waals surface area contributed by atoms with E-state index in [4.69, 9.17) is 0 Å². The van der Waals surface area contributed by atoms with Crippen LogP contribution in [0.1, 0.15) is 22.5 Å². The van der Waals surface area contributed by atoms with Crippen LogP contribution in [0.5, 0.6) is 0 Å². The quantitative estimate of drug-likeness (QED) is 0.837. The Morgan fingerprint density at radius 2 is 2.00 bits per heavy atom. The maximum Gasteiger partial charge on any atom is 0.326 e. The average Bonchev–Trinajstić information content (AvgIpc) is 2.90. The maximum atomic E-state index is 11.9. The third-order valence-electron chi connectivity index (χ3n) is 3.11. The van der Waals surface area contributed by atoms with Crippen LogP contribution in [-0.4, -0.2) is 32.8 Å². The number of carboxylic acids is 1. The maximum absolute atomic E-state index is 11.9.